The predicted octanol–water partition coefficient (Wildman–Crippen LogP) is 1.80. The lowest BCUT2D eigenvalue weighted by Gasteiger charge is -2.17. The van der Waals surface area contributed by atoms with Crippen LogP contribution in [0.25, 0.3) is 0 Å². The molecule has 0 aromatic heterocycles. The number of aliphatic hydroxyl groups is 1. The lowest BCUT2D eigenvalue weighted by atomic mass is 9.90. The quantitative estimate of drug-likeness (QED) is 0.756. The minimum atomic E-state index is 0.145. The number of rotatable bonds is 2. The van der Waals surface area contributed by atoms with Gasteiger partial charge in [0.1, 0.15) is 0 Å². The normalized spacial score (nSPS) is 18.2. The van der Waals surface area contributed by atoms with Gasteiger partial charge in [0.15, 0.2) is 0 Å². The van der Waals surface area contributed by atoms with Crippen LogP contribution in [0.15, 0.2) is 29.3 Å². The van der Waals surface area contributed by atoms with Gasteiger partial charge in [-0.05, 0) is 30.4 Å². The molecule has 2 rings (SSSR count). The molecular formula is C12H15NO. The minimum absolute atomic E-state index is 0.145. The molecule has 0 aliphatic heterocycles. The van der Waals surface area contributed by atoms with E-state index in [0.717, 1.165) is 12.8 Å². The smallest absolute Gasteiger partial charge is 0.0627 e. The molecule has 2 nitrogen and oxygen atoms in total. The van der Waals surface area contributed by atoms with Crippen LogP contribution in [0.1, 0.15) is 24.0 Å². The Kier molecular flexibility index (Phi) is 2.94. The fourth-order valence-electron chi connectivity index (χ4n) is 1.95. The van der Waals surface area contributed by atoms with Crippen molar-refractivity contribution in [2.45, 2.75) is 19.3 Å². The maximum Gasteiger partial charge on any atom is 0.0627 e. The standard InChI is InChI=1S/C12H15NO/c14-9-8-13-12-7-3-5-10-4-1-2-6-11(10)12/h1-2,4,6,14H,3,5,7-9H2. The molecular weight excluding hydrogens is 174 g/mol. The fourth-order valence-corrected chi connectivity index (χ4v) is 1.95. The molecule has 14 heavy (non-hydrogen) atoms. The molecule has 1 aliphatic carbocycles. The topological polar surface area (TPSA) is 32.6 Å². The summed E-state index contributed by atoms with van der Waals surface area (Å²) in [5, 5.41) is 8.74. The van der Waals surface area contributed by atoms with Crippen molar-refractivity contribution in [2.75, 3.05) is 13.2 Å². The van der Waals surface area contributed by atoms with Crippen LogP contribution < -0.4 is 0 Å². The first kappa shape index (κ1) is 9.41. The first-order chi connectivity index (χ1) is 6.92. The number of aliphatic imine (C=N–C) groups is 1. The number of nitrogens with zero attached hydrogens (tertiary/aromatic N) is 1. The van der Waals surface area contributed by atoms with E-state index >= 15 is 0 Å². The van der Waals surface area contributed by atoms with Gasteiger partial charge in [0.25, 0.3) is 0 Å². The molecule has 2 heteroatoms. The fraction of sp³-hybridized carbons (Fsp3) is 0.417. The number of hydrogen-bond acceptors (Lipinski definition) is 2. The average molecular weight is 189 g/mol. The van der Waals surface area contributed by atoms with Gasteiger partial charge in [0.2, 0.25) is 0 Å². The summed E-state index contributed by atoms with van der Waals surface area (Å²) in [5.74, 6) is 0. The summed E-state index contributed by atoms with van der Waals surface area (Å²) in [6.45, 7) is 0.676. The molecule has 1 aromatic rings. The van der Waals surface area contributed by atoms with Gasteiger partial charge in [0.05, 0.1) is 13.2 Å². The maximum atomic E-state index is 8.74. The van der Waals surface area contributed by atoms with Gasteiger partial charge in [-0.1, -0.05) is 24.3 Å². The second-order valence-electron chi connectivity index (χ2n) is 3.56. The highest BCUT2D eigenvalue weighted by atomic mass is 16.3. The molecule has 0 heterocycles. The summed E-state index contributed by atoms with van der Waals surface area (Å²) in [7, 11) is 0. The van der Waals surface area contributed by atoms with Crippen LogP contribution in [0.2, 0.25) is 0 Å². The van der Waals surface area contributed by atoms with E-state index in [9.17, 15) is 0 Å². The third-order valence-electron chi connectivity index (χ3n) is 2.59. The highest BCUT2D eigenvalue weighted by Crippen LogP contribution is 2.21. The Morgan fingerprint density at radius 1 is 1.21 bits per heavy atom. The molecule has 0 spiro atoms. The van der Waals surface area contributed by atoms with Crippen molar-refractivity contribution in [3.05, 3.63) is 35.4 Å². The highest BCUT2D eigenvalue weighted by molar-refractivity contribution is 6.02. The van der Waals surface area contributed by atoms with E-state index in [1.165, 1.54) is 23.3 Å². The monoisotopic (exact) mass is 189 g/mol. The Bertz CT molecular complexity index is 344. The number of aryl methyl sites for hydroxylation is 1. The Balaban J connectivity index is 2.31. The van der Waals surface area contributed by atoms with Crippen LogP contribution >= 0.6 is 0 Å². The zero-order chi connectivity index (χ0) is 9.80. The third-order valence-corrected chi connectivity index (χ3v) is 2.59. The van der Waals surface area contributed by atoms with Crippen LogP contribution in [0.5, 0.6) is 0 Å². The van der Waals surface area contributed by atoms with Crippen molar-refractivity contribution in [1.82, 2.24) is 0 Å². The van der Waals surface area contributed by atoms with E-state index in [4.69, 9.17) is 5.11 Å². The molecule has 1 aliphatic rings. The van der Waals surface area contributed by atoms with Crippen molar-refractivity contribution in [1.29, 1.82) is 0 Å². The van der Waals surface area contributed by atoms with Crippen LogP contribution in [0.3, 0.4) is 0 Å². The largest absolute Gasteiger partial charge is 0.394 e. The molecule has 1 aromatic carbocycles. The van der Waals surface area contributed by atoms with E-state index in [2.05, 4.69) is 29.3 Å². The van der Waals surface area contributed by atoms with Crippen LogP contribution in [0, 0.1) is 0 Å². The Hall–Kier alpha value is -1.15. The van der Waals surface area contributed by atoms with E-state index in [1.807, 2.05) is 0 Å². The van der Waals surface area contributed by atoms with Crippen molar-refractivity contribution in [3.8, 4) is 0 Å². The second kappa shape index (κ2) is 4.38. The summed E-state index contributed by atoms with van der Waals surface area (Å²) in [6.07, 6.45) is 3.40. The second-order valence-corrected chi connectivity index (χ2v) is 3.56. The number of benzene rings is 1. The van der Waals surface area contributed by atoms with Gasteiger partial charge in [-0.25, -0.2) is 0 Å². The first-order valence-corrected chi connectivity index (χ1v) is 5.14. The van der Waals surface area contributed by atoms with Gasteiger partial charge in [-0.2, -0.15) is 0 Å². The summed E-state index contributed by atoms with van der Waals surface area (Å²) in [5.41, 5.74) is 3.85. The third kappa shape index (κ3) is 1.85. The highest BCUT2D eigenvalue weighted by Gasteiger charge is 2.13. The Labute approximate surface area is 84.3 Å². The van der Waals surface area contributed by atoms with E-state index < -0.39 is 0 Å². The maximum absolute atomic E-state index is 8.74. The van der Waals surface area contributed by atoms with Gasteiger partial charge < -0.3 is 5.11 Å². The molecule has 0 saturated carbocycles. The molecule has 0 atom stereocenters. The van der Waals surface area contributed by atoms with E-state index in [-0.39, 0.29) is 6.61 Å². The molecule has 0 fully saturated rings. The number of aliphatic hydroxyl groups excluding tert-OH is 1. The molecule has 1 N–H and O–H groups in total. The van der Waals surface area contributed by atoms with E-state index in [0.29, 0.717) is 6.54 Å². The van der Waals surface area contributed by atoms with Gasteiger partial charge in [0, 0.05) is 5.71 Å². The summed E-state index contributed by atoms with van der Waals surface area (Å²) >= 11 is 0. The minimum Gasteiger partial charge on any atom is -0.394 e. The number of hydrogen-bond donors (Lipinski definition) is 1. The predicted molar refractivity (Wildman–Crippen MR) is 57.9 cm³/mol. The summed E-state index contributed by atoms with van der Waals surface area (Å²) in [6, 6.07) is 8.43. The summed E-state index contributed by atoms with van der Waals surface area (Å²) < 4.78 is 0. The summed E-state index contributed by atoms with van der Waals surface area (Å²) in [4.78, 5) is 4.41. The van der Waals surface area contributed by atoms with Gasteiger partial charge in [-0.15, -0.1) is 0 Å². The Morgan fingerprint density at radius 3 is 2.93 bits per heavy atom. The van der Waals surface area contributed by atoms with Crippen molar-refractivity contribution in [3.63, 3.8) is 0 Å². The lowest BCUT2D eigenvalue weighted by Crippen LogP contribution is -2.12. The number of fused-ring (bicyclic) bond motifs is 1. The molecule has 0 bridgehead atoms. The van der Waals surface area contributed by atoms with Gasteiger partial charge >= 0.3 is 0 Å². The average Bonchev–Trinajstić information content (AvgIpc) is 2.26. The van der Waals surface area contributed by atoms with Crippen molar-refractivity contribution >= 4 is 5.71 Å². The molecule has 0 unspecified atom stereocenters. The van der Waals surface area contributed by atoms with Crippen LogP contribution in [0.4, 0.5) is 0 Å². The zero-order valence-electron chi connectivity index (χ0n) is 8.24. The SMILES string of the molecule is OCCN=C1CCCc2ccccc21. The van der Waals surface area contributed by atoms with Crippen LogP contribution in [-0.4, -0.2) is 24.0 Å². The van der Waals surface area contributed by atoms with Crippen molar-refractivity contribution in [2.24, 2.45) is 4.99 Å². The van der Waals surface area contributed by atoms with Crippen molar-refractivity contribution < 1.29 is 5.11 Å². The zero-order valence-corrected chi connectivity index (χ0v) is 8.24. The molecule has 0 radical (unpaired) electrons. The Morgan fingerprint density at radius 2 is 2.07 bits per heavy atom. The van der Waals surface area contributed by atoms with E-state index in [1.54, 1.807) is 0 Å². The lowest BCUT2D eigenvalue weighted by molar-refractivity contribution is 0.307. The van der Waals surface area contributed by atoms with Gasteiger partial charge in [-0.3, -0.25) is 4.99 Å². The van der Waals surface area contributed by atoms with Crippen LogP contribution in [-0.2, 0) is 6.42 Å². The molecule has 0 saturated heterocycles. The molecule has 74 valence electrons. The first-order valence-electron chi connectivity index (χ1n) is 5.14. The molecule has 0 amide bonds.